The van der Waals surface area contributed by atoms with E-state index in [9.17, 15) is 28.2 Å². The first-order chi connectivity index (χ1) is 21.2. The van der Waals surface area contributed by atoms with Crippen LogP contribution >= 0.6 is 59.1 Å². The van der Waals surface area contributed by atoms with E-state index in [-0.39, 0.29) is 58.3 Å². The van der Waals surface area contributed by atoms with Crippen LogP contribution in [0.25, 0.3) is 0 Å². The summed E-state index contributed by atoms with van der Waals surface area (Å²) >= 11 is 4.31. The van der Waals surface area contributed by atoms with Gasteiger partial charge in [0, 0.05) is 0 Å². The van der Waals surface area contributed by atoms with Crippen LogP contribution in [0.2, 0.25) is 0 Å². The predicted octanol–water partition coefficient (Wildman–Crippen LogP) is 7.09. The van der Waals surface area contributed by atoms with Gasteiger partial charge in [0.25, 0.3) is 0 Å². The quantitative estimate of drug-likeness (QED) is 0.0551. The van der Waals surface area contributed by atoms with E-state index < -0.39 is 26.7 Å². The molecular weight excluding hydrogens is 689 g/mol. The molecule has 0 atom stereocenters. The molecule has 2 heterocycles. The molecule has 0 radical (unpaired) electrons. The lowest BCUT2D eigenvalue weighted by Gasteiger charge is -2.11. The fraction of sp³-hybridized carbons (Fsp3) is 0.143. The zero-order valence-corrected chi connectivity index (χ0v) is 27.7. The molecule has 3 aromatic carbocycles. The van der Waals surface area contributed by atoms with Crippen molar-refractivity contribution in [1.29, 1.82) is 0 Å². The minimum atomic E-state index is -4.32. The van der Waals surface area contributed by atoms with Crippen molar-refractivity contribution in [2.24, 2.45) is 0 Å². The van der Waals surface area contributed by atoms with Crippen LogP contribution in [0.15, 0.2) is 103 Å². The van der Waals surface area contributed by atoms with Gasteiger partial charge in [-0.2, -0.15) is 0 Å². The van der Waals surface area contributed by atoms with Crippen molar-refractivity contribution >= 4 is 80.9 Å². The Hall–Kier alpha value is -2.86. The maximum Gasteiger partial charge on any atom is 0.351 e. The highest BCUT2D eigenvalue weighted by Gasteiger charge is 2.41. The number of sulfone groups is 1. The number of aromatic hydroxyl groups is 2. The molecule has 0 aromatic heterocycles. The van der Waals surface area contributed by atoms with Gasteiger partial charge in [-0.25, -0.2) is 18.0 Å². The third-order valence-corrected chi connectivity index (χ3v) is 13.9. The third-order valence-electron chi connectivity index (χ3n) is 5.66. The zero-order valence-electron chi connectivity index (χ0n) is 22.8. The van der Waals surface area contributed by atoms with Gasteiger partial charge >= 0.3 is 11.9 Å². The summed E-state index contributed by atoms with van der Waals surface area (Å²) in [5, 5.41) is 22.6. The van der Waals surface area contributed by atoms with Crippen LogP contribution in [0.1, 0.15) is 13.8 Å². The number of carbonyl (C=O) groups is 2. The zero-order chi connectivity index (χ0) is 31.4. The van der Waals surface area contributed by atoms with Gasteiger partial charge in [-0.1, -0.05) is 83.4 Å². The number of thioether (sulfide) groups is 4. The summed E-state index contributed by atoms with van der Waals surface area (Å²) in [6.07, 6.45) is 0. The standard InChI is InChI=1S/C28H22O10S6/c1-3-35-25(31)23(43-38-37-15-11-7-5-8-12-15)27-39-19-17(29)21-22(18(30)20(19)40-27)42-28(41-21)24(26(32)36-4-2)44(33,34)16-13-9-6-10-14-16/h5-14,29-30H,3-4H2,1-2H3. The van der Waals surface area contributed by atoms with Crippen molar-refractivity contribution in [3.05, 3.63) is 78.9 Å². The van der Waals surface area contributed by atoms with Gasteiger partial charge in [0.2, 0.25) is 9.84 Å². The summed E-state index contributed by atoms with van der Waals surface area (Å²) in [7, 11) is -4.32. The van der Waals surface area contributed by atoms with Crippen LogP contribution in [-0.4, -0.2) is 43.8 Å². The van der Waals surface area contributed by atoms with E-state index in [1.807, 2.05) is 0 Å². The fourth-order valence-electron chi connectivity index (χ4n) is 3.74. The first kappa shape index (κ1) is 32.5. The van der Waals surface area contributed by atoms with E-state index in [0.29, 0.717) is 22.0 Å². The van der Waals surface area contributed by atoms with Crippen molar-refractivity contribution in [3.8, 4) is 17.2 Å². The molecule has 3 aromatic rings. The summed E-state index contributed by atoms with van der Waals surface area (Å²) in [6, 6.07) is 16.1. The number of para-hydroxylation sites is 1. The van der Waals surface area contributed by atoms with Gasteiger partial charge in [0.05, 0.1) is 58.2 Å². The van der Waals surface area contributed by atoms with Crippen molar-refractivity contribution in [1.82, 2.24) is 0 Å². The van der Waals surface area contributed by atoms with Gasteiger partial charge in [-0.3, -0.25) is 0 Å². The number of ether oxygens (including phenoxy) is 2. The minimum absolute atomic E-state index is 0.0246. The molecule has 0 bridgehead atoms. The molecule has 0 saturated heterocycles. The molecule has 0 unspecified atom stereocenters. The number of phenolic OH excluding ortho intramolecular Hbond substituents is 2. The number of phenols is 2. The molecule has 0 saturated carbocycles. The topological polar surface area (TPSA) is 146 Å². The summed E-state index contributed by atoms with van der Waals surface area (Å²) in [6.45, 7) is 3.25. The number of fused-ring (bicyclic) bond motifs is 2. The van der Waals surface area contributed by atoms with Gasteiger partial charge in [0.1, 0.15) is 16.4 Å². The van der Waals surface area contributed by atoms with E-state index in [2.05, 4.69) is 0 Å². The number of carbonyl (C=O) groups excluding carboxylic acids is 2. The minimum Gasteiger partial charge on any atom is -0.505 e. The molecular formula is C28H22O10S6. The Bertz CT molecular complexity index is 1730. The van der Waals surface area contributed by atoms with E-state index in [1.165, 1.54) is 24.3 Å². The van der Waals surface area contributed by atoms with Crippen molar-refractivity contribution in [2.75, 3.05) is 13.2 Å². The fourth-order valence-corrected chi connectivity index (χ4v) is 11.7. The van der Waals surface area contributed by atoms with Crippen LogP contribution in [0.5, 0.6) is 17.2 Å². The second-order valence-electron chi connectivity index (χ2n) is 8.46. The number of rotatable bonds is 10. The Morgan fingerprint density at radius 2 is 1.20 bits per heavy atom. The van der Waals surface area contributed by atoms with Gasteiger partial charge < -0.3 is 24.6 Å². The lowest BCUT2D eigenvalue weighted by atomic mass is 10.3. The average Bonchev–Trinajstić information content (AvgIpc) is 3.65. The lowest BCUT2D eigenvalue weighted by Crippen LogP contribution is -2.17. The second-order valence-corrected chi connectivity index (χ2v) is 15.7. The SMILES string of the molecule is CCOC(=O)C(SOOc1ccccc1)=C1Sc2c(O)c3c(c(O)c2S1)SC(=C(C(=O)OCC)S(=O)(=O)c1ccccc1)S3. The molecule has 230 valence electrons. The number of benzene rings is 3. The largest absolute Gasteiger partial charge is 0.505 e. The summed E-state index contributed by atoms with van der Waals surface area (Å²) in [4.78, 5) is 31.2. The molecule has 5 rings (SSSR count). The molecule has 2 aliphatic heterocycles. The van der Waals surface area contributed by atoms with Crippen LogP contribution < -0.4 is 4.89 Å². The molecule has 16 heteroatoms. The summed E-state index contributed by atoms with van der Waals surface area (Å²) < 4.78 is 43.1. The highest BCUT2D eigenvalue weighted by Crippen LogP contribution is 2.68. The van der Waals surface area contributed by atoms with Crippen LogP contribution in [0.3, 0.4) is 0 Å². The van der Waals surface area contributed by atoms with Crippen LogP contribution in [0.4, 0.5) is 0 Å². The maximum atomic E-state index is 13.6. The van der Waals surface area contributed by atoms with E-state index in [1.54, 1.807) is 50.2 Å². The highest BCUT2D eigenvalue weighted by atomic mass is 32.2. The summed E-state index contributed by atoms with van der Waals surface area (Å²) in [5.74, 6) is -1.83. The van der Waals surface area contributed by atoms with Crippen molar-refractivity contribution in [3.63, 3.8) is 0 Å². The predicted molar refractivity (Wildman–Crippen MR) is 170 cm³/mol. The van der Waals surface area contributed by atoms with Crippen molar-refractivity contribution < 1.29 is 46.9 Å². The monoisotopic (exact) mass is 710 g/mol. The number of hydrogen-bond acceptors (Lipinski definition) is 15. The normalized spacial score (nSPS) is 13.7. The Balaban J connectivity index is 1.50. The van der Waals surface area contributed by atoms with Gasteiger partial charge in [-0.05, 0) is 38.1 Å². The third kappa shape index (κ3) is 6.56. The van der Waals surface area contributed by atoms with Gasteiger partial charge in [-0.15, -0.1) is 4.33 Å². The number of hydrogen-bond donors (Lipinski definition) is 2. The molecule has 0 spiro atoms. The van der Waals surface area contributed by atoms with E-state index in [0.717, 1.165) is 47.0 Å². The van der Waals surface area contributed by atoms with Gasteiger partial charge in [0.15, 0.2) is 10.7 Å². The first-order valence-electron chi connectivity index (χ1n) is 12.7. The molecule has 0 fully saturated rings. The second kappa shape index (κ2) is 14.1. The first-order valence-corrected chi connectivity index (χ1v) is 18.2. The molecule has 0 aliphatic carbocycles. The lowest BCUT2D eigenvalue weighted by molar-refractivity contribution is -0.138. The van der Waals surface area contributed by atoms with E-state index in [4.69, 9.17) is 18.7 Å². The molecule has 0 amide bonds. The maximum absolute atomic E-state index is 13.6. The smallest absolute Gasteiger partial charge is 0.351 e. The molecule has 2 aliphatic rings. The molecule has 2 N–H and O–H groups in total. The Labute approximate surface area is 274 Å². The average molecular weight is 711 g/mol. The van der Waals surface area contributed by atoms with E-state index >= 15 is 0 Å². The Morgan fingerprint density at radius 1 is 0.727 bits per heavy atom. The Morgan fingerprint density at radius 3 is 1.73 bits per heavy atom. The van der Waals surface area contributed by atoms with Crippen LogP contribution in [0, 0.1) is 0 Å². The Kier molecular flexibility index (Phi) is 10.4. The molecule has 10 nitrogen and oxygen atoms in total. The van der Waals surface area contributed by atoms with Crippen LogP contribution in [-0.2, 0) is 33.2 Å². The summed E-state index contributed by atoms with van der Waals surface area (Å²) in [5.41, 5.74) is 0. The number of esters is 2. The van der Waals surface area contributed by atoms with Crippen molar-refractivity contribution in [2.45, 2.75) is 38.3 Å². The molecule has 44 heavy (non-hydrogen) atoms. The highest BCUT2D eigenvalue weighted by molar-refractivity contribution is 8.26.